The molecule has 5 aliphatic heterocycles. The van der Waals surface area contributed by atoms with Crippen LogP contribution in [0.3, 0.4) is 0 Å². The van der Waals surface area contributed by atoms with Gasteiger partial charge in [-0.2, -0.15) is 9.97 Å². The van der Waals surface area contributed by atoms with E-state index >= 15 is 4.39 Å². The summed E-state index contributed by atoms with van der Waals surface area (Å²) < 4.78 is 87.2. The molecule has 7 heterocycles. The third-order valence-electron chi connectivity index (χ3n) is 10.5. The number of pyridine rings is 1. The van der Waals surface area contributed by atoms with E-state index in [1.54, 1.807) is 0 Å². The van der Waals surface area contributed by atoms with Crippen molar-refractivity contribution in [3.63, 3.8) is 0 Å². The minimum Gasteiger partial charge on any atom is -0.472 e. The molecular weight excluding hydrogens is 597 g/mol. The summed E-state index contributed by atoms with van der Waals surface area (Å²) in [7, 11) is 0. The summed E-state index contributed by atoms with van der Waals surface area (Å²) in [6.45, 7) is 4.87. The summed E-state index contributed by atoms with van der Waals surface area (Å²) in [5, 5.41) is 3.84. The molecule has 4 fully saturated rings. The normalized spacial score (nSPS) is 30.5. The minimum absolute atomic E-state index is 0.0156. The Hall–Kier alpha value is -3.52. The van der Waals surface area contributed by atoms with E-state index in [0.29, 0.717) is 25.3 Å². The van der Waals surface area contributed by atoms with E-state index in [4.69, 9.17) is 20.2 Å². The number of nitrogens with one attached hydrogen (secondary N) is 1. The zero-order valence-corrected chi connectivity index (χ0v) is 24.9. The first-order valence-electron chi connectivity index (χ1n) is 15.5. The number of nitrogen functional groups attached to an aromatic ring is 1. The molecule has 0 saturated carbocycles. The number of hydrogen-bond acceptors (Lipinski definition) is 9. The van der Waals surface area contributed by atoms with Crippen LogP contribution in [-0.4, -0.2) is 82.0 Å². The summed E-state index contributed by atoms with van der Waals surface area (Å²) in [5.74, 6) is -1.64. The highest BCUT2D eigenvalue weighted by atomic mass is 19.3. The molecule has 14 heteroatoms. The molecule has 6 atom stereocenters. The molecule has 2 aromatic heterocycles. The van der Waals surface area contributed by atoms with Crippen LogP contribution in [-0.2, 0) is 0 Å². The molecule has 3 aromatic rings. The largest absolute Gasteiger partial charge is 0.472 e. The van der Waals surface area contributed by atoms with Crippen molar-refractivity contribution in [3.8, 4) is 23.1 Å². The molecule has 0 radical (unpaired) electrons. The van der Waals surface area contributed by atoms with E-state index < -0.39 is 58.4 Å². The fourth-order valence-electron chi connectivity index (χ4n) is 8.49. The van der Waals surface area contributed by atoms with Crippen LogP contribution in [0.1, 0.15) is 56.6 Å². The quantitative estimate of drug-likeness (QED) is 0.303. The summed E-state index contributed by atoms with van der Waals surface area (Å²) in [6.07, 6.45) is -0.667. The average Bonchev–Trinajstić information content (AvgIpc) is 3.64. The lowest BCUT2D eigenvalue weighted by molar-refractivity contribution is 0.107. The second kappa shape index (κ2) is 10.2. The van der Waals surface area contributed by atoms with Gasteiger partial charge in [-0.1, -0.05) is 0 Å². The lowest BCUT2D eigenvalue weighted by Gasteiger charge is -2.42. The Morgan fingerprint density at radius 2 is 2.00 bits per heavy atom. The topological polar surface area (TPSA) is 102 Å². The van der Waals surface area contributed by atoms with Crippen LogP contribution >= 0.6 is 0 Å². The van der Waals surface area contributed by atoms with Gasteiger partial charge in [0.15, 0.2) is 5.82 Å². The van der Waals surface area contributed by atoms with Crippen molar-refractivity contribution in [1.82, 2.24) is 25.2 Å². The monoisotopic (exact) mass is 631 g/mol. The van der Waals surface area contributed by atoms with Gasteiger partial charge in [0.25, 0.3) is 6.43 Å². The van der Waals surface area contributed by atoms with E-state index in [1.807, 2.05) is 6.92 Å². The standard InChI is InChI=1S/C31H34F5N7O2/c1-13-20(27(35)36)17(8-18(37)22(13)33)24-23(34)25-21-28(41-30(40-25)44-12-31-6-3-7-42(31)10-15(32)9-31)43-11-16-4-5-19(38-16)26(43)14(2)45-29(21)39-24/h8,14-16,19,26-27,38H,3-7,9-12,37H2,1-2H3/t14-,15+,16+,19-,26+,31-/m0/s1. The number of ether oxygens (including phenoxy) is 2. The molecule has 45 heavy (non-hydrogen) atoms. The predicted molar refractivity (Wildman–Crippen MR) is 157 cm³/mol. The summed E-state index contributed by atoms with van der Waals surface area (Å²) >= 11 is 0. The van der Waals surface area contributed by atoms with Crippen molar-refractivity contribution in [2.45, 2.75) is 88.3 Å². The number of aromatic nitrogens is 3. The Bertz CT molecular complexity index is 1710. The molecule has 1 aromatic carbocycles. The third kappa shape index (κ3) is 4.34. The van der Waals surface area contributed by atoms with Gasteiger partial charge < -0.3 is 25.4 Å². The Morgan fingerprint density at radius 1 is 1.18 bits per heavy atom. The van der Waals surface area contributed by atoms with E-state index in [-0.39, 0.29) is 53.1 Å². The van der Waals surface area contributed by atoms with E-state index in [9.17, 15) is 17.6 Å². The number of nitrogens with zero attached hydrogens (tertiary/aromatic N) is 5. The molecule has 2 bridgehead atoms. The molecule has 8 rings (SSSR count). The maximum atomic E-state index is 16.8. The molecular formula is C31H34F5N7O2. The van der Waals surface area contributed by atoms with Crippen molar-refractivity contribution in [3.05, 3.63) is 28.8 Å². The van der Waals surface area contributed by atoms with Crippen molar-refractivity contribution in [2.24, 2.45) is 0 Å². The number of benzene rings is 1. The number of hydrogen-bond donors (Lipinski definition) is 2. The van der Waals surface area contributed by atoms with Gasteiger partial charge in [0.1, 0.15) is 47.1 Å². The second-order valence-electron chi connectivity index (χ2n) is 13.2. The number of fused-ring (bicyclic) bond motifs is 6. The number of nitrogens with two attached hydrogens (primary N) is 1. The zero-order chi connectivity index (χ0) is 31.4. The maximum absolute atomic E-state index is 16.8. The van der Waals surface area contributed by atoms with Crippen LogP contribution < -0.4 is 25.4 Å². The SMILES string of the molecule is Cc1c(F)c(N)cc(-c2nc3c4c(nc(OC[C@@]56CCCN5C[C@H](F)C6)nc4c2F)N2C[C@H]4CC[C@H](N4)[C@H]2[C@H](C)O3)c1C(F)F. The van der Waals surface area contributed by atoms with Gasteiger partial charge in [-0.15, -0.1) is 0 Å². The Morgan fingerprint density at radius 3 is 2.80 bits per heavy atom. The number of rotatable bonds is 5. The van der Waals surface area contributed by atoms with E-state index in [0.717, 1.165) is 38.3 Å². The fraction of sp³-hybridized carbons (Fsp3) is 0.581. The van der Waals surface area contributed by atoms with E-state index in [1.165, 1.54) is 6.92 Å². The van der Waals surface area contributed by atoms with Crippen molar-refractivity contribution < 1.29 is 31.4 Å². The fourth-order valence-corrected chi connectivity index (χ4v) is 8.49. The molecule has 0 aliphatic carbocycles. The smallest absolute Gasteiger partial charge is 0.319 e. The van der Waals surface area contributed by atoms with Gasteiger partial charge in [-0.3, -0.25) is 4.90 Å². The number of halogens is 5. The lowest BCUT2D eigenvalue weighted by Crippen LogP contribution is -2.62. The highest BCUT2D eigenvalue weighted by molar-refractivity contribution is 5.97. The highest BCUT2D eigenvalue weighted by Crippen LogP contribution is 2.46. The molecule has 3 N–H and O–H groups in total. The van der Waals surface area contributed by atoms with Gasteiger partial charge in [-0.25, -0.2) is 26.9 Å². The van der Waals surface area contributed by atoms with Gasteiger partial charge in [0.05, 0.1) is 17.3 Å². The summed E-state index contributed by atoms with van der Waals surface area (Å²) in [5.41, 5.74) is 2.77. The zero-order valence-electron chi connectivity index (χ0n) is 24.9. The molecule has 5 aliphatic rings. The molecule has 0 unspecified atom stereocenters. The Balaban J connectivity index is 1.32. The van der Waals surface area contributed by atoms with Crippen molar-refractivity contribution >= 4 is 22.4 Å². The van der Waals surface area contributed by atoms with Gasteiger partial charge in [-0.05, 0) is 57.7 Å². The number of anilines is 2. The Labute approximate surface area is 256 Å². The first kappa shape index (κ1) is 28.9. The Kier molecular flexibility index (Phi) is 6.58. The first-order valence-corrected chi connectivity index (χ1v) is 15.5. The lowest BCUT2D eigenvalue weighted by atomic mass is 9.95. The number of alkyl halides is 3. The molecule has 4 saturated heterocycles. The molecule has 9 nitrogen and oxygen atoms in total. The molecule has 0 spiro atoms. The second-order valence-corrected chi connectivity index (χ2v) is 13.2. The van der Waals surface area contributed by atoms with Crippen LogP contribution in [0.15, 0.2) is 6.07 Å². The van der Waals surface area contributed by atoms with Crippen LogP contribution in [0.5, 0.6) is 11.9 Å². The summed E-state index contributed by atoms with van der Waals surface area (Å²) in [4.78, 5) is 17.9. The first-order chi connectivity index (χ1) is 21.5. The van der Waals surface area contributed by atoms with Crippen LogP contribution in [0.2, 0.25) is 0 Å². The van der Waals surface area contributed by atoms with Crippen LogP contribution in [0.4, 0.5) is 33.5 Å². The minimum atomic E-state index is -3.14. The predicted octanol–water partition coefficient (Wildman–Crippen LogP) is 4.84. The van der Waals surface area contributed by atoms with Crippen molar-refractivity contribution in [2.75, 3.05) is 36.9 Å². The van der Waals surface area contributed by atoms with Gasteiger partial charge in [0.2, 0.25) is 5.88 Å². The summed E-state index contributed by atoms with van der Waals surface area (Å²) in [6, 6.07) is 0.938. The van der Waals surface area contributed by atoms with Gasteiger partial charge >= 0.3 is 6.01 Å². The third-order valence-corrected chi connectivity index (χ3v) is 10.5. The van der Waals surface area contributed by atoms with E-state index in [2.05, 4.69) is 25.1 Å². The maximum Gasteiger partial charge on any atom is 0.319 e. The van der Waals surface area contributed by atoms with Crippen LogP contribution in [0.25, 0.3) is 22.2 Å². The molecule has 240 valence electrons. The number of piperazine rings is 1. The highest BCUT2D eigenvalue weighted by Gasteiger charge is 2.50. The van der Waals surface area contributed by atoms with Gasteiger partial charge in [0, 0.05) is 42.7 Å². The average molecular weight is 632 g/mol. The molecule has 0 amide bonds. The van der Waals surface area contributed by atoms with Crippen molar-refractivity contribution in [1.29, 1.82) is 0 Å². The van der Waals surface area contributed by atoms with Crippen LogP contribution in [0, 0.1) is 18.6 Å².